The van der Waals surface area contributed by atoms with E-state index >= 15 is 0 Å². The quantitative estimate of drug-likeness (QED) is 0.312. The van der Waals surface area contributed by atoms with E-state index in [0.29, 0.717) is 43.4 Å². The number of halogens is 2. The number of nitrogens with zero attached hydrogens (tertiary/aromatic N) is 2. The maximum Gasteiger partial charge on any atom is 0.306 e. The number of aromatic nitrogens is 1. The van der Waals surface area contributed by atoms with Gasteiger partial charge in [0, 0.05) is 31.3 Å². The van der Waals surface area contributed by atoms with E-state index in [9.17, 15) is 18.7 Å². The van der Waals surface area contributed by atoms with Gasteiger partial charge in [-0.05, 0) is 77.8 Å². The summed E-state index contributed by atoms with van der Waals surface area (Å²) in [5.41, 5.74) is 5.15. The van der Waals surface area contributed by atoms with Gasteiger partial charge in [0.25, 0.3) is 0 Å². The van der Waals surface area contributed by atoms with Crippen molar-refractivity contribution in [2.75, 3.05) is 20.2 Å². The van der Waals surface area contributed by atoms with Crippen molar-refractivity contribution in [1.82, 2.24) is 9.88 Å². The number of carboxylic acid groups (broad SMARTS) is 1. The largest absolute Gasteiger partial charge is 0.485 e. The average molecular weight is 563 g/mol. The van der Waals surface area contributed by atoms with E-state index in [1.165, 1.54) is 7.11 Å². The highest BCUT2D eigenvalue weighted by atomic mass is 19.1. The van der Waals surface area contributed by atoms with E-state index in [4.69, 9.17) is 9.47 Å². The monoisotopic (exact) mass is 562 g/mol. The van der Waals surface area contributed by atoms with Gasteiger partial charge in [-0.2, -0.15) is 0 Å². The highest BCUT2D eigenvalue weighted by Crippen LogP contribution is 2.48. The van der Waals surface area contributed by atoms with Crippen LogP contribution in [0.5, 0.6) is 11.6 Å². The van der Waals surface area contributed by atoms with Gasteiger partial charge in [-0.3, -0.25) is 9.69 Å². The number of hydrogen-bond acceptors (Lipinski definition) is 5. The highest BCUT2D eigenvalue weighted by Gasteiger charge is 2.39. The maximum absolute atomic E-state index is 15.0. The standard InChI is InChI=1S/C33H36F2N2O4/c1-19(33(38)39)32(21-4-5-21)23-6-3-20-8-10-29(41-30(20)14-23)22-7-9-26(27-15-31(40-2)36-16-28(27)35)24(13-22)17-37-12-11-25(34)18-37/h3,6-7,9,13-16,19,21,25,29,32H,4-5,8,10-12,17-18H2,1-2H3,(H,38,39)/t19-,25-,29?,32?/m0/s1. The molecule has 8 heteroatoms. The van der Waals surface area contributed by atoms with Gasteiger partial charge >= 0.3 is 5.97 Å². The van der Waals surface area contributed by atoms with Crippen LogP contribution >= 0.6 is 0 Å². The Labute approximate surface area is 239 Å². The Morgan fingerprint density at radius 3 is 2.68 bits per heavy atom. The number of methoxy groups -OCH3 is 1. The van der Waals surface area contributed by atoms with Crippen LogP contribution in [0.15, 0.2) is 48.7 Å². The van der Waals surface area contributed by atoms with Crippen molar-refractivity contribution in [1.29, 1.82) is 0 Å². The molecule has 41 heavy (non-hydrogen) atoms. The topological polar surface area (TPSA) is 71.9 Å². The molecule has 2 aromatic carbocycles. The Morgan fingerprint density at radius 2 is 1.98 bits per heavy atom. The molecule has 1 saturated carbocycles. The summed E-state index contributed by atoms with van der Waals surface area (Å²) in [6.45, 7) is 3.31. The number of benzene rings is 2. The minimum atomic E-state index is -0.852. The average Bonchev–Trinajstić information content (AvgIpc) is 3.73. The number of likely N-dealkylation sites (tertiary alicyclic amines) is 1. The molecule has 2 aliphatic heterocycles. The summed E-state index contributed by atoms with van der Waals surface area (Å²) in [4.78, 5) is 17.9. The second-order valence-corrected chi connectivity index (χ2v) is 11.7. The van der Waals surface area contributed by atoms with Crippen molar-refractivity contribution < 1.29 is 28.2 Å². The van der Waals surface area contributed by atoms with Crippen LogP contribution in [0.25, 0.3) is 11.1 Å². The van der Waals surface area contributed by atoms with E-state index < -0.39 is 23.9 Å². The lowest BCUT2D eigenvalue weighted by atomic mass is 9.82. The van der Waals surface area contributed by atoms with E-state index in [2.05, 4.69) is 28.1 Å². The molecular formula is C33H36F2N2O4. The third-order valence-electron chi connectivity index (χ3n) is 8.92. The molecule has 0 amide bonds. The summed E-state index contributed by atoms with van der Waals surface area (Å²) >= 11 is 0. The molecule has 3 heterocycles. The van der Waals surface area contributed by atoms with Gasteiger partial charge in [-0.15, -0.1) is 0 Å². The number of hydrogen-bond donors (Lipinski definition) is 1. The molecule has 3 aliphatic rings. The summed E-state index contributed by atoms with van der Waals surface area (Å²) in [6.07, 6.45) is 4.35. The van der Waals surface area contributed by atoms with Crippen molar-refractivity contribution in [2.45, 2.75) is 63.8 Å². The van der Waals surface area contributed by atoms with Crippen molar-refractivity contribution >= 4 is 5.97 Å². The molecule has 6 rings (SSSR count). The Balaban J connectivity index is 1.31. The third-order valence-corrected chi connectivity index (χ3v) is 8.92. The summed E-state index contributed by atoms with van der Waals surface area (Å²) in [5, 5.41) is 9.72. The van der Waals surface area contributed by atoms with Gasteiger partial charge in [0.05, 0.1) is 19.2 Å². The van der Waals surface area contributed by atoms with Gasteiger partial charge in [0.1, 0.15) is 23.8 Å². The van der Waals surface area contributed by atoms with Crippen LogP contribution in [0.1, 0.15) is 66.9 Å². The molecular weight excluding hydrogens is 526 g/mol. The second kappa shape index (κ2) is 11.4. The maximum atomic E-state index is 15.0. The fourth-order valence-electron chi connectivity index (χ4n) is 6.52. The minimum Gasteiger partial charge on any atom is -0.485 e. The molecule has 1 aromatic heterocycles. The molecule has 4 atom stereocenters. The summed E-state index contributed by atoms with van der Waals surface area (Å²) < 4.78 is 40.8. The van der Waals surface area contributed by atoms with Crippen LogP contribution < -0.4 is 9.47 Å². The van der Waals surface area contributed by atoms with Crippen molar-refractivity contribution in [3.63, 3.8) is 0 Å². The number of aryl methyl sites for hydroxylation is 1. The zero-order valence-electron chi connectivity index (χ0n) is 23.5. The molecule has 0 spiro atoms. The minimum absolute atomic E-state index is 0.0281. The van der Waals surface area contributed by atoms with Crippen LogP contribution in [0.2, 0.25) is 0 Å². The fourth-order valence-corrected chi connectivity index (χ4v) is 6.52. The number of ether oxygens (including phenoxy) is 2. The molecule has 0 bridgehead atoms. The van der Waals surface area contributed by atoms with Gasteiger partial charge < -0.3 is 14.6 Å². The summed E-state index contributed by atoms with van der Waals surface area (Å²) in [7, 11) is 1.50. The SMILES string of the molecule is COc1cc(-c2ccc(C3CCc4ccc(C(C5CC5)[C@H](C)C(=O)O)cc4O3)cc2CN2CC[C@H](F)C2)c(F)cn1. The number of alkyl halides is 1. The second-order valence-electron chi connectivity index (χ2n) is 11.7. The zero-order chi connectivity index (χ0) is 28.7. The fraction of sp³-hybridized carbons (Fsp3) is 0.455. The van der Waals surface area contributed by atoms with E-state index in [-0.39, 0.29) is 12.0 Å². The van der Waals surface area contributed by atoms with Crippen LogP contribution in [0, 0.1) is 17.7 Å². The lowest BCUT2D eigenvalue weighted by molar-refractivity contribution is -0.142. The van der Waals surface area contributed by atoms with Crippen LogP contribution in [0.4, 0.5) is 8.78 Å². The number of pyridine rings is 1. The Bertz CT molecular complexity index is 1440. The van der Waals surface area contributed by atoms with Gasteiger partial charge in [-0.25, -0.2) is 13.8 Å². The Hall–Kier alpha value is -3.52. The molecule has 0 radical (unpaired) electrons. The van der Waals surface area contributed by atoms with Gasteiger partial charge in [0.15, 0.2) is 0 Å². The first-order chi connectivity index (χ1) is 19.8. The number of carboxylic acids is 1. The van der Waals surface area contributed by atoms with Gasteiger partial charge in [-0.1, -0.05) is 37.3 Å². The molecule has 3 aromatic rings. The van der Waals surface area contributed by atoms with Crippen molar-refractivity contribution in [2.24, 2.45) is 11.8 Å². The number of carbonyl (C=O) groups is 1. The first kappa shape index (κ1) is 27.6. The number of rotatable bonds is 9. The van der Waals surface area contributed by atoms with Crippen molar-refractivity contribution in [3.8, 4) is 22.8 Å². The molecule has 1 aliphatic carbocycles. The number of fused-ring (bicyclic) bond motifs is 1. The van der Waals surface area contributed by atoms with Gasteiger partial charge in [0.2, 0.25) is 5.88 Å². The first-order valence-corrected chi connectivity index (χ1v) is 14.5. The Morgan fingerprint density at radius 1 is 1.15 bits per heavy atom. The molecule has 1 N–H and O–H groups in total. The molecule has 216 valence electrons. The van der Waals surface area contributed by atoms with Crippen LogP contribution in [-0.2, 0) is 17.8 Å². The van der Waals surface area contributed by atoms with Crippen molar-refractivity contribution in [3.05, 3.63) is 76.7 Å². The number of aliphatic carboxylic acids is 1. The Kier molecular flexibility index (Phi) is 7.68. The molecule has 2 unspecified atom stereocenters. The lowest BCUT2D eigenvalue weighted by Gasteiger charge is -2.29. The molecule has 1 saturated heterocycles. The first-order valence-electron chi connectivity index (χ1n) is 14.5. The zero-order valence-corrected chi connectivity index (χ0v) is 23.5. The van der Waals surface area contributed by atoms with Crippen LogP contribution in [0.3, 0.4) is 0 Å². The van der Waals surface area contributed by atoms with E-state index in [0.717, 1.165) is 65.4 Å². The van der Waals surface area contributed by atoms with Crippen LogP contribution in [-0.4, -0.2) is 47.3 Å². The smallest absolute Gasteiger partial charge is 0.306 e. The predicted molar refractivity (Wildman–Crippen MR) is 151 cm³/mol. The third kappa shape index (κ3) is 5.80. The molecule has 2 fully saturated rings. The van der Waals surface area contributed by atoms with E-state index in [1.54, 1.807) is 13.0 Å². The predicted octanol–water partition coefficient (Wildman–Crippen LogP) is 6.72. The lowest BCUT2D eigenvalue weighted by Crippen LogP contribution is -2.22. The highest BCUT2D eigenvalue weighted by molar-refractivity contribution is 5.71. The summed E-state index contributed by atoms with van der Waals surface area (Å²) in [6, 6.07) is 13.8. The molecule has 6 nitrogen and oxygen atoms in total. The summed E-state index contributed by atoms with van der Waals surface area (Å²) in [5.74, 6) is -0.178. The van der Waals surface area contributed by atoms with E-state index in [1.807, 2.05) is 18.2 Å². The normalized spacial score (nSPS) is 22.0.